The molecule has 0 bridgehead atoms. The Morgan fingerprint density at radius 1 is 1.07 bits per heavy atom. The highest BCUT2D eigenvalue weighted by atomic mass is 19.1. The molecule has 1 aliphatic carbocycles. The van der Waals surface area contributed by atoms with Gasteiger partial charge in [0.1, 0.15) is 17.2 Å². The average Bonchev–Trinajstić information content (AvgIpc) is 2.74. The van der Waals surface area contributed by atoms with E-state index in [1.807, 2.05) is 0 Å². The minimum Gasteiger partial charge on any atom is -0.343 e. The van der Waals surface area contributed by atoms with Crippen molar-refractivity contribution in [1.29, 1.82) is 0 Å². The molecule has 1 atom stereocenters. The molecule has 1 amide bonds. The Kier molecular flexibility index (Phi) is 5.38. The molecule has 1 aromatic heterocycles. The van der Waals surface area contributed by atoms with Crippen LogP contribution >= 0.6 is 0 Å². The zero-order valence-electron chi connectivity index (χ0n) is 15.8. The number of nitrogens with one attached hydrogen (secondary N) is 2. The third-order valence-electron chi connectivity index (χ3n) is 5.60. The second kappa shape index (κ2) is 8.11. The molecule has 4 rings (SSSR count). The van der Waals surface area contributed by atoms with Gasteiger partial charge in [-0.1, -0.05) is 37.5 Å². The van der Waals surface area contributed by atoms with E-state index in [0.29, 0.717) is 0 Å². The van der Waals surface area contributed by atoms with Crippen molar-refractivity contribution in [2.45, 2.75) is 38.1 Å². The van der Waals surface area contributed by atoms with Crippen LogP contribution in [0.3, 0.4) is 0 Å². The number of carbonyl (C=O) groups excluding carboxylic acids is 1. The van der Waals surface area contributed by atoms with Crippen molar-refractivity contribution in [3.8, 4) is 0 Å². The molecular formula is C22H21F2N3O2. The Balaban J connectivity index is 1.67. The Morgan fingerprint density at radius 2 is 1.79 bits per heavy atom. The first kappa shape index (κ1) is 19.2. The lowest BCUT2D eigenvalue weighted by Crippen LogP contribution is -2.37. The molecule has 3 aromatic rings. The van der Waals surface area contributed by atoms with Crippen molar-refractivity contribution in [1.82, 2.24) is 15.5 Å². The summed E-state index contributed by atoms with van der Waals surface area (Å²) in [6.07, 6.45) is 5.15. The molecule has 0 aliphatic heterocycles. The lowest BCUT2D eigenvalue weighted by atomic mass is 9.81. The second-order valence-corrected chi connectivity index (χ2v) is 7.46. The molecule has 0 spiro atoms. The van der Waals surface area contributed by atoms with Gasteiger partial charge in [0.25, 0.3) is 5.91 Å². The number of carbonyl (C=O) groups is 1. The van der Waals surface area contributed by atoms with Crippen molar-refractivity contribution in [2.24, 2.45) is 5.92 Å². The van der Waals surface area contributed by atoms with E-state index >= 15 is 0 Å². The summed E-state index contributed by atoms with van der Waals surface area (Å²) in [6, 6.07) is 9.76. The molecular weight excluding hydrogens is 376 g/mol. The first-order chi connectivity index (χ1) is 14.0. The molecule has 1 aliphatic rings. The molecule has 5 nitrogen and oxygen atoms in total. The molecule has 2 N–H and O–H groups in total. The quantitative estimate of drug-likeness (QED) is 0.691. The van der Waals surface area contributed by atoms with E-state index in [1.54, 1.807) is 12.1 Å². The summed E-state index contributed by atoms with van der Waals surface area (Å²) in [7, 11) is 0. The number of aromatic amines is 1. The number of H-pyrrole nitrogens is 1. The van der Waals surface area contributed by atoms with Crippen LogP contribution in [0.1, 0.15) is 54.2 Å². The van der Waals surface area contributed by atoms with Crippen LogP contribution < -0.4 is 10.7 Å². The van der Waals surface area contributed by atoms with Gasteiger partial charge in [-0.15, -0.1) is 0 Å². The molecule has 1 saturated carbocycles. The van der Waals surface area contributed by atoms with Crippen LogP contribution in [0.25, 0.3) is 10.9 Å². The van der Waals surface area contributed by atoms with Gasteiger partial charge in [-0.3, -0.25) is 14.7 Å². The lowest BCUT2D eigenvalue weighted by molar-refractivity contribution is 0.0905. The molecule has 1 unspecified atom stereocenters. The summed E-state index contributed by atoms with van der Waals surface area (Å²) in [5.74, 6) is -1.39. The van der Waals surface area contributed by atoms with E-state index in [2.05, 4.69) is 15.5 Å². The third kappa shape index (κ3) is 3.90. The number of nitrogens with zero attached hydrogens (tertiary/aromatic N) is 1. The highest BCUT2D eigenvalue weighted by Gasteiger charge is 2.28. The monoisotopic (exact) mass is 397 g/mol. The highest BCUT2D eigenvalue weighted by Crippen LogP contribution is 2.34. The zero-order valence-corrected chi connectivity index (χ0v) is 15.8. The minimum atomic E-state index is -0.628. The smallest absolute Gasteiger partial charge is 0.276 e. The van der Waals surface area contributed by atoms with Gasteiger partial charge in [0, 0.05) is 0 Å². The van der Waals surface area contributed by atoms with Crippen molar-refractivity contribution in [3.63, 3.8) is 0 Å². The molecule has 2 aromatic carbocycles. The molecule has 0 radical (unpaired) electrons. The van der Waals surface area contributed by atoms with Gasteiger partial charge in [0.2, 0.25) is 5.43 Å². The summed E-state index contributed by atoms with van der Waals surface area (Å²) in [5.41, 5.74) is -0.186. The zero-order chi connectivity index (χ0) is 20.4. The number of aromatic nitrogens is 2. The molecule has 0 saturated heterocycles. The van der Waals surface area contributed by atoms with E-state index in [4.69, 9.17) is 0 Å². The van der Waals surface area contributed by atoms with Crippen molar-refractivity contribution >= 4 is 16.8 Å². The van der Waals surface area contributed by atoms with Crippen LogP contribution in [0.5, 0.6) is 0 Å². The number of hydrogen-bond donors (Lipinski definition) is 2. The maximum absolute atomic E-state index is 13.9. The van der Waals surface area contributed by atoms with Crippen LogP contribution in [0.15, 0.2) is 47.3 Å². The van der Waals surface area contributed by atoms with Gasteiger partial charge in [-0.2, -0.15) is 5.10 Å². The number of halogens is 2. The Labute approximate surface area is 166 Å². The molecule has 1 fully saturated rings. The second-order valence-electron chi connectivity index (χ2n) is 7.46. The van der Waals surface area contributed by atoms with Crippen LogP contribution in [-0.2, 0) is 0 Å². The fourth-order valence-electron chi connectivity index (χ4n) is 4.09. The maximum atomic E-state index is 13.9. The number of hydrogen-bond acceptors (Lipinski definition) is 3. The number of rotatable bonds is 4. The van der Waals surface area contributed by atoms with Gasteiger partial charge in [0.15, 0.2) is 5.69 Å². The van der Waals surface area contributed by atoms with E-state index in [9.17, 15) is 18.4 Å². The van der Waals surface area contributed by atoms with Gasteiger partial charge < -0.3 is 5.32 Å². The van der Waals surface area contributed by atoms with Crippen LogP contribution in [0.2, 0.25) is 0 Å². The summed E-state index contributed by atoms with van der Waals surface area (Å²) in [5, 5.41) is 9.29. The highest BCUT2D eigenvalue weighted by molar-refractivity contribution is 5.95. The molecule has 1 heterocycles. The normalized spacial score (nSPS) is 15.9. The van der Waals surface area contributed by atoms with Crippen molar-refractivity contribution in [3.05, 3.63) is 75.6 Å². The van der Waals surface area contributed by atoms with Crippen molar-refractivity contribution < 1.29 is 13.6 Å². The Bertz CT molecular complexity index is 1090. The molecule has 150 valence electrons. The first-order valence-electron chi connectivity index (χ1n) is 9.78. The number of benzene rings is 2. The number of fused-ring (bicyclic) bond motifs is 1. The largest absolute Gasteiger partial charge is 0.343 e. The van der Waals surface area contributed by atoms with Crippen LogP contribution in [0, 0.1) is 17.6 Å². The summed E-state index contributed by atoms with van der Waals surface area (Å²) >= 11 is 0. The Hall–Kier alpha value is -3.09. The topological polar surface area (TPSA) is 74.8 Å². The summed E-state index contributed by atoms with van der Waals surface area (Å²) < 4.78 is 27.2. The molecule has 7 heteroatoms. The van der Waals surface area contributed by atoms with E-state index < -0.39 is 17.2 Å². The van der Waals surface area contributed by atoms with Gasteiger partial charge in [-0.25, -0.2) is 8.78 Å². The Morgan fingerprint density at radius 3 is 2.52 bits per heavy atom. The predicted octanol–water partition coefficient (Wildman–Crippen LogP) is 4.25. The van der Waals surface area contributed by atoms with Crippen molar-refractivity contribution in [2.75, 3.05) is 0 Å². The predicted molar refractivity (Wildman–Crippen MR) is 106 cm³/mol. The standard InChI is InChI=1S/C22H21F2N3O2/c23-15-11-9-14(10-12-15)18(13-5-2-1-3-6-13)25-22(29)20-21(28)16-7-4-8-17(24)19(16)26-27-20/h4,7-13,18H,1-3,5-6H2,(H,25,29)(H,26,28). The fraction of sp³-hybridized carbons (Fsp3) is 0.318. The van der Waals surface area contributed by atoms with E-state index in [0.717, 1.165) is 37.7 Å². The van der Waals surface area contributed by atoms with Crippen LogP contribution in [0.4, 0.5) is 8.78 Å². The lowest BCUT2D eigenvalue weighted by Gasteiger charge is -2.31. The molecule has 29 heavy (non-hydrogen) atoms. The average molecular weight is 397 g/mol. The third-order valence-corrected chi connectivity index (χ3v) is 5.60. The summed E-state index contributed by atoms with van der Waals surface area (Å²) in [4.78, 5) is 25.6. The van der Waals surface area contributed by atoms with Gasteiger partial charge in [-0.05, 0) is 48.6 Å². The minimum absolute atomic E-state index is 0.0311. The number of para-hydroxylation sites is 1. The van der Waals surface area contributed by atoms with Crippen LogP contribution in [-0.4, -0.2) is 16.1 Å². The summed E-state index contributed by atoms with van der Waals surface area (Å²) in [6.45, 7) is 0. The SMILES string of the molecule is O=C(NC(c1ccc(F)cc1)C1CCCCC1)c1n[nH]c2c(F)cccc2c1=O. The van der Waals surface area contributed by atoms with Gasteiger partial charge in [0.05, 0.1) is 11.4 Å². The number of amides is 1. The fourth-order valence-corrected chi connectivity index (χ4v) is 4.09. The van der Waals surface area contributed by atoms with E-state index in [1.165, 1.54) is 30.3 Å². The first-order valence-corrected chi connectivity index (χ1v) is 9.78. The van der Waals surface area contributed by atoms with E-state index in [-0.39, 0.29) is 34.4 Å². The van der Waals surface area contributed by atoms with Gasteiger partial charge >= 0.3 is 0 Å². The maximum Gasteiger partial charge on any atom is 0.276 e.